The van der Waals surface area contributed by atoms with Gasteiger partial charge in [-0.1, -0.05) is 32.0 Å². The summed E-state index contributed by atoms with van der Waals surface area (Å²) >= 11 is 1.68. The summed E-state index contributed by atoms with van der Waals surface area (Å²) in [5, 5.41) is 7.77. The lowest BCUT2D eigenvalue weighted by Crippen LogP contribution is -2.54. The van der Waals surface area contributed by atoms with Gasteiger partial charge in [-0.3, -0.25) is 14.5 Å². The van der Waals surface area contributed by atoms with Crippen LogP contribution in [-0.2, 0) is 9.59 Å². The van der Waals surface area contributed by atoms with E-state index in [2.05, 4.69) is 56.7 Å². The highest BCUT2D eigenvalue weighted by Gasteiger charge is 2.32. The molecule has 0 saturated carbocycles. The lowest BCUT2D eigenvalue weighted by Gasteiger charge is -2.42. The molecule has 9 heteroatoms. The van der Waals surface area contributed by atoms with Crippen LogP contribution in [0.2, 0.25) is 0 Å². The number of carbonyl (C=O) groups excluding carboxylic acids is 2. The Morgan fingerprint density at radius 2 is 1.77 bits per heavy atom. The molecule has 0 bridgehead atoms. The van der Waals surface area contributed by atoms with Gasteiger partial charge in [0.2, 0.25) is 0 Å². The zero-order valence-corrected chi connectivity index (χ0v) is 22.1. The molecule has 2 aromatic rings. The standard InChI is InChI=1S/C26H39N5O3S/c1-5-29(6-2)14-13-27-25(32)26(33)28-20(3)24(23-12-9-19-35-23)31-17-15-30(16-18-31)21-10-7-8-11-22(21)34-4/h7-12,19-20,24H,5-6,13-18H2,1-4H3,(H,27,32)(H,28,33). The van der Waals surface area contributed by atoms with Gasteiger partial charge in [-0.15, -0.1) is 11.3 Å². The molecule has 0 spiro atoms. The Morgan fingerprint density at radius 1 is 1.06 bits per heavy atom. The minimum atomic E-state index is -0.578. The third kappa shape index (κ3) is 7.19. The van der Waals surface area contributed by atoms with Crippen LogP contribution in [0.3, 0.4) is 0 Å². The number of thiophene rings is 1. The van der Waals surface area contributed by atoms with Crippen molar-refractivity contribution < 1.29 is 14.3 Å². The van der Waals surface area contributed by atoms with Gasteiger partial charge in [0, 0.05) is 50.2 Å². The predicted molar refractivity (Wildman–Crippen MR) is 142 cm³/mol. The van der Waals surface area contributed by atoms with Gasteiger partial charge in [-0.25, -0.2) is 0 Å². The van der Waals surface area contributed by atoms with E-state index in [1.54, 1.807) is 18.4 Å². The number of ether oxygens (including phenoxy) is 1. The fraction of sp³-hybridized carbons (Fsp3) is 0.538. The number of nitrogens with one attached hydrogen (secondary N) is 2. The second kappa shape index (κ2) is 13.5. The maximum Gasteiger partial charge on any atom is 0.309 e. The highest BCUT2D eigenvalue weighted by molar-refractivity contribution is 7.10. The molecule has 1 aliphatic heterocycles. The number of methoxy groups -OCH3 is 1. The number of benzene rings is 1. The van der Waals surface area contributed by atoms with E-state index in [-0.39, 0.29) is 12.1 Å². The second-order valence-corrected chi connectivity index (χ2v) is 9.68. The van der Waals surface area contributed by atoms with E-state index in [0.29, 0.717) is 6.54 Å². The molecule has 8 nitrogen and oxygen atoms in total. The molecule has 3 rings (SSSR count). The highest BCUT2D eigenvalue weighted by Crippen LogP contribution is 2.32. The third-order valence-electron chi connectivity index (χ3n) is 6.61. The third-order valence-corrected chi connectivity index (χ3v) is 7.56. The number of nitrogens with zero attached hydrogens (tertiary/aromatic N) is 3. The van der Waals surface area contributed by atoms with Crippen molar-refractivity contribution in [2.45, 2.75) is 32.9 Å². The molecule has 1 aromatic carbocycles. The smallest absolute Gasteiger partial charge is 0.309 e. The number of anilines is 1. The molecule has 35 heavy (non-hydrogen) atoms. The first-order valence-electron chi connectivity index (χ1n) is 12.4. The van der Waals surface area contributed by atoms with E-state index in [1.807, 2.05) is 31.2 Å². The molecule has 1 aliphatic rings. The quantitative estimate of drug-likeness (QED) is 0.461. The van der Waals surface area contributed by atoms with E-state index in [1.165, 1.54) is 4.88 Å². The average molecular weight is 502 g/mol. The van der Waals surface area contributed by atoms with Crippen LogP contribution in [0.15, 0.2) is 41.8 Å². The van der Waals surface area contributed by atoms with Gasteiger partial charge in [-0.2, -0.15) is 0 Å². The first kappa shape index (κ1) is 27.0. The van der Waals surface area contributed by atoms with E-state index in [9.17, 15) is 9.59 Å². The van der Waals surface area contributed by atoms with E-state index in [0.717, 1.165) is 57.3 Å². The number of rotatable bonds is 11. The molecule has 1 fully saturated rings. The van der Waals surface area contributed by atoms with Gasteiger partial charge in [0.15, 0.2) is 0 Å². The van der Waals surface area contributed by atoms with Crippen molar-refractivity contribution in [2.24, 2.45) is 0 Å². The Bertz CT molecular complexity index is 927. The van der Waals surface area contributed by atoms with Crippen molar-refractivity contribution in [1.29, 1.82) is 0 Å². The SMILES string of the molecule is CCN(CC)CCNC(=O)C(=O)NC(C)C(c1cccs1)N1CCN(c2ccccc2OC)CC1. The van der Waals surface area contributed by atoms with Gasteiger partial charge in [0.05, 0.1) is 18.8 Å². The maximum absolute atomic E-state index is 12.7. The molecule has 2 atom stereocenters. The fourth-order valence-electron chi connectivity index (χ4n) is 4.63. The van der Waals surface area contributed by atoms with Crippen molar-refractivity contribution in [1.82, 2.24) is 20.4 Å². The summed E-state index contributed by atoms with van der Waals surface area (Å²) in [5.41, 5.74) is 1.10. The number of likely N-dealkylation sites (N-methyl/N-ethyl adjacent to an activating group) is 1. The highest BCUT2D eigenvalue weighted by atomic mass is 32.1. The second-order valence-electron chi connectivity index (χ2n) is 8.70. The summed E-state index contributed by atoms with van der Waals surface area (Å²) < 4.78 is 5.55. The maximum atomic E-state index is 12.7. The Morgan fingerprint density at radius 3 is 2.40 bits per heavy atom. The number of amides is 2. The first-order valence-corrected chi connectivity index (χ1v) is 13.3. The zero-order chi connectivity index (χ0) is 25.2. The van der Waals surface area contributed by atoms with E-state index >= 15 is 0 Å². The lowest BCUT2D eigenvalue weighted by atomic mass is 10.0. The van der Waals surface area contributed by atoms with Crippen molar-refractivity contribution in [3.05, 3.63) is 46.7 Å². The summed E-state index contributed by atoms with van der Waals surface area (Å²) in [5.74, 6) is -0.274. The molecule has 0 aliphatic carbocycles. The molecular formula is C26H39N5O3S. The summed E-state index contributed by atoms with van der Waals surface area (Å²) in [7, 11) is 1.70. The van der Waals surface area contributed by atoms with Gasteiger partial charge >= 0.3 is 11.8 Å². The van der Waals surface area contributed by atoms with Crippen molar-refractivity contribution in [3.8, 4) is 5.75 Å². The monoisotopic (exact) mass is 501 g/mol. The van der Waals surface area contributed by atoms with Crippen LogP contribution in [0.25, 0.3) is 0 Å². The minimum Gasteiger partial charge on any atom is -0.495 e. The first-order chi connectivity index (χ1) is 17.0. The summed E-state index contributed by atoms with van der Waals surface area (Å²) in [6.07, 6.45) is 0. The van der Waals surface area contributed by atoms with Gasteiger partial charge in [-0.05, 0) is 43.6 Å². The Kier molecular flexibility index (Phi) is 10.4. The average Bonchev–Trinajstić information content (AvgIpc) is 3.41. The van der Waals surface area contributed by atoms with Crippen LogP contribution in [-0.4, -0.2) is 87.1 Å². The van der Waals surface area contributed by atoms with Crippen LogP contribution < -0.4 is 20.3 Å². The Hall–Kier alpha value is -2.62. The summed E-state index contributed by atoms with van der Waals surface area (Å²) in [6.45, 7) is 12.6. The van der Waals surface area contributed by atoms with Crippen LogP contribution in [0.1, 0.15) is 31.7 Å². The van der Waals surface area contributed by atoms with E-state index < -0.39 is 11.8 Å². The van der Waals surface area contributed by atoms with Gasteiger partial charge < -0.3 is 25.2 Å². The topological polar surface area (TPSA) is 77.2 Å². The van der Waals surface area contributed by atoms with Crippen molar-refractivity contribution in [3.63, 3.8) is 0 Å². The number of hydrogen-bond donors (Lipinski definition) is 2. The molecule has 0 radical (unpaired) electrons. The predicted octanol–water partition coefficient (Wildman–Crippen LogP) is 2.58. The number of carbonyl (C=O) groups is 2. The van der Waals surface area contributed by atoms with Crippen LogP contribution in [0.4, 0.5) is 5.69 Å². The zero-order valence-electron chi connectivity index (χ0n) is 21.3. The largest absolute Gasteiger partial charge is 0.495 e. The van der Waals surface area contributed by atoms with E-state index in [4.69, 9.17) is 4.74 Å². The van der Waals surface area contributed by atoms with Gasteiger partial charge in [0.25, 0.3) is 0 Å². The Labute approximate surface area is 213 Å². The molecule has 2 heterocycles. The number of para-hydroxylation sites is 2. The van der Waals surface area contributed by atoms with Crippen LogP contribution in [0, 0.1) is 0 Å². The lowest BCUT2D eigenvalue weighted by molar-refractivity contribution is -0.139. The summed E-state index contributed by atoms with van der Waals surface area (Å²) in [6, 6.07) is 12.0. The Balaban J connectivity index is 1.60. The molecular weight excluding hydrogens is 462 g/mol. The van der Waals surface area contributed by atoms with Gasteiger partial charge in [0.1, 0.15) is 5.75 Å². The fourth-order valence-corrected chi connectivity index (χ4v) is 5.60. The molecule has 2 amide bonds. The normalized spacial score (nSPS) is 16.1. The molecule has 2 N–H and O–H groups in total. The number of hydrogen-bond acceptors (Lipinski definition) is 7. The molecule has 2 unspecified atom stereocenters. The van der Waals surface area contributed by atoms with Crippen LogP contribution in [0.5, 0.6) is 5.75 Å². The number of piperazine rings is 1. The molecule has 192 valence electrons. The van der Waals surface area contributed by atoms with Crippen molar-refractivity contribution >= 4 is 28.8 Å². The molecule has 1 saturated heterocycles. The summed E-state index contributed by atoms with van der Waals surface area (Å²) in [4.78, 5) is 33.2. The van der Waals surface area contributed by atoms with Crippen molar-refractivity contribution in [2.75, 3.05) is 64.4 Å². The minimum absolute atomic E-state index is 0.00208. The van der Waals surface area contributed by atoms with Crippen LogP contribution >= 0.6 is 11.3 Å². The molecule has 1 aromatic heterocycles.